The molecule has 0 fully saturated rings. The van der Waals surface area contributed by atoms with Gasteiger partial charge in [0.2, 0.25) is 0 Å². The van der Waals surface area contributed by atoms with E-state index in [2.05, 4.69) is 14.8 Å². The van der Waals surface area contributed by atoms with Crippen molar-refractivity contribution in [1.29, 1.82) is 0 Å². The third kappa shape index (κ3) is 5.53. The first-order valence-corrected chi connectivity index (χ1v) is 11.2. The highest BCUT2D eigenvalue weighted by atomic mass is 19.4. The Morgan fingerprint density at radius 1 is 1.03 bits per heavy atom. The van der Waals surface area contributed by atoms with Gasteiger partial charge >= 0.3 is 17.8 Å². The molecule has 208 valence electrons. The third-order valence-electron chi connectivity index (χ3n) is 6.13. The second-order valence-electron chi connectivity index (χ2n) is 8.66. The van der Waals surface area contributed by atoms with E-state index in [4.69, 9.17) is 0 Å². The summed E-state index contributed by atoms with van der Waals surface area (Å²) in [5.41, 5.74) is -2.94. The van der Waals surface area contributed by atoms with Crippen LogP contribution in [0.3, 0.4) is 0 Å². The van der Waals surface area contributed by atoms with Crippen molar-refractivity contribution in [2.45, 2.75) is 37.2 Å². The van der Waals surface area contributed by atoms with Crippen molar-refractivity contribution in [2.24, 2.45) is 0 Å². The lowest BCUT2D eigenvalue weighted by Gasteiger charge is -2.35. The predicted molar refractivity (Wildman–Crippen MR) is 122 cm³/mol. The Bertz CT molecular complexity index is 1480. The summed E-state index contributed by atoms with van der Waals surface area (Å²) in [6.07, 6.45) is -0.710. The Balaban J connectivity index is 1.63. The number of ether oxygens (including phenoxy) is 1. The molecule has 4 rings (SSSR count). The molecule has 0 unspecified atom stereocenters. The minimum Gasteiger partial charge on any atom is -0.487 e. The number of halogens is 7. The molecule has 4 aromatic rings. The van der Waals surface area contributed by atoms with E-state index >= 15 is 0 Å². The number of imidazole rings is 1. The van der Waals surface area contributed by atoms with Crippen LogP contribution in [0.25, 0.3) is 5.69 Å². The van der Waals surface area contributed by atoms with Crippen molar-refractivity contribution in [2.75, 3.05) is 6.61 Å². The normalized spacial score (nSPS) is 14.7. The number of aliphatic hydroxyl groups is 1. The van der Waals surface area contributed by atoms with E-state index in [0.29, 0.717) is 6.07 Å². The lowest BCUT2D eigenvalue weighted by Crippen LogP contribution is -2.43. The molecule has 0 saturated carbocycles. The molecule has 2 heterocycles. The molecule has 0 aliphatic rings. The Morgan fingerprint density at radius 3 is 2.31 bits per heavy atom. The first kappa shape index (κ1) is 27.9. The SMILES string of the molecule is C[C@@H](n1ccn(-c2ccc(OCC(F)(F)C(F)(F)F)cc2)c1=O)[C@](O)(Cn1cncn1)c1ccc(F)cc1F. The molecule has 0 bridgehead atoms. The Labute approximate surface area is 215 Å². The molecule has 8 nitrogen and oxygen atoms in total. The van der Waals surface area contributed by atoms with E-state index in [0.717, 1.165) is 33.4 Å². The summed E-state index contributed by atoms with van der Waals surface area (Å²) in [6, 6.07) is 6.16. The van der Waals surface area contributed by atoms with Crippen molar-refractivity contribution in [3.63, 3.8) is 0 Å². The topological polar surface area (TPSA) is 87.1 Å². The van der Waals surface area contributed by atoms with Crippen LogP contribution in [0.4, 0.5) is 30.7 Å². The van der Waals surface area contributed by atoms with Gasteiger partial charge in [-0.1, -0.05) is 6.07 Å². The van der Waals surface area contributed by atoms with E-state index in [9.17, 15) is 40.6 Å². The minimum absolute atomic E-state index is 0.189. The van der Waals surface area contributed by atoms with Gasteiger partial charge in [0.1, 0.15) is 35.6 Å². The summed E-state index contributed by atoms with van der Waals surface area (Å²) < 4.78 is 99.6. The molecule has 0 spiro atoms. The van der Waals surface area contributed by atoms with Crippen LogP contribution in [0.5, 0.6) is 5.75 Å². The summed E-state index contributed by atoms with van der Waals surface area (Å²) in [5, 5.41) is 15.6. The van der Waals surface area contributed by atoms with E-state index in [-0.39, 0.29) is 23.5 Å². The van der Waals surface area contributed by atoms with Crippen molar-refractivity contribution < 1.29 is 40.6 Å². The zero-order valence-corrected chi connectivity index (χ0v) is 20.0. The fourth-order valence-electron chi connectivity index (χ4n) is 3.91. The molecule has 1 N–H and O–H groups in total. The maximum atomic E-state index is 14.8. The molecule has 2 aromatic heterocycles. The van der Waals surface area contributed by atoms with Crippen molar-refractivity contribution in [1.82, 2.24) is 23.9 Å². The van der Waals surface area contributed by atoms with Crippen LogP contribution in [0.15, 0.2) is 72.3 Å². The highest BCUT2D eigenvalue weighted by Gasteiger charge is 2.58. The van der Waals surface area contributed by atoms with Crippen LogP contribution >= 0.6 is 0 Å². The van der Waals surface area contributed by atoms with Crippen LogP contribution in [0, 0.1) is 11.6 Å². The van der Waals surface area contributed by atoms with Gasteiger partial charge in [0, 0.05) is 24.0 Å². The van der Waals surface area contributed by atoms with E-state index < -0.39 is 47.7 Å². The molecular formula is C24H20F7N5O3. The van der Waals surface area contributed by atoms with E-state index in [1.807, 2.05) is 0 Å². The van der Waals surface area contributed by atoms with Gasteiger partial charge < -0.3 is 9.84 Å². The van der Waals surface area contributed by atoms with E-state index in [1.54, 1.807) is 0 Å². The fourth-order valence-corrected chi connectivity index (χ4v) is 3.91. The van der Waals surface area contributed by atoms with Crippen molar-refractivity contribution in [3.8, 4) is 11.4 Å². The van der Waals surface area contributed by atoms with Gasteiger partial charge in [0.25, 0.3) is 0 Å². The van der Waals surface area contributed by atoms with Gasteiger partial charge in [0.15, 0.2) is 6.61 Å². The molecule has 0 aliphatic heterocycles. The summed E-state index contributed by atoms with van der Waals surface area (Å²) in [5.74, 6) is -7.27. The van der Waals surface area contributed by atoms with Crippen LogP contribution < -0.4 is 10.4 Å². The zero-order chi connectivity index (χ0) is 28.6. The quantitative estimate of drug-likeness (QED) is 0.310. The number of benzene rings is 2. The van der Waals surface area contributed by atoms with Crippen LogP contribution in [0.1, 0.15) is 18.5 Å². The molecule has 2 atom stereocenters. The van der Waals surface area contributed by atoms with Crippen LogP contribution in [-0.2, 0) is 12.1 Å². The summed E-state index contributed by atoms with van der Waals surface area (Å²) in [7, 11) is 0. The monoisotopic (exact) mass is 559 g/mol. The maximum absolute atomic E-state index is 14.8. The number of alkyl halides is 5. The first-order valence-electron chi connectivity index (χ1n) is 11.2. The lowest BCUT2D eigenvalue weighted by atomic mass is 9.86. The van der Waals surface area contributed by atoms with Crippen LogP contribution in [0.2, 0.25) is 0 Å². The van der Waals surface area contributed by atoms with Crippen LogP contribution in [-0.4, -0.2) is 47.7 Å². The number of nitrogens with zero attached hydrogens (tertiary/aromatic N) is 5. The third-order valence-corrected chi connectivity index (χ3v) is 6.13. The number of aromatic nitrogens is 5. The van der Waals surface area contributed by atoms with Gasteiger partial charge in [0.05, 0.1) is 18.3 Å². The lowest BCUT2D eigenvalue weighted by molar-refractivity contribution is -0.290. The second-order valence-corrected chi connectivity index (χ2v) is 8.66. The fraction of sp³-hybridized carbons (Fsp3) is 0.292. The Hall–Kier alpha value is -4.14. The summed E-state index contributed by atoms with van der Waals surface area (Å²) in [4.78, 5) is 17.0. The van der Waals surface area contributed by atoms with Gasteiger partial charge in [-0.05, 0) is 37.3 Å². The Kier molecular flexibility index (Phi) is 7.29. The number of hydrogen-bond donors (Lipinski definition) is 1. The minimum atomic E-state index is -5.77. The Morgan fingerprint density at radius 2 is 1.72 bits per heavy atom. The first-order chi connectivity index (χ1) is 18.2. The van der Waals surface area contributed by atoms with Gasteiger partial charge in [-0.3, -0.25) is 9.13 Å². The predicted octanol–water partition coefficient (Wildman–Crippen LogP) is 4.23. The molecule has 0 saturated heterocycles. The molecule has 0 amide bonds. The van der Waals surface area contributed by atoms with Gasteiger partial charge in [-0.25, -0.2) is 23.2 Å². The number of hydrogen-bond acceptors (Lipinski definition) is 5. The molecule has 0 radical (unpaired) electrons. The maximum Gasteiger partial charge on any atom is 0.456 e. The molecular weight excluding hydrogens is 539 g/mol. The van der Waals surface area contributed by atoms with E-state index in [1.165, 1.54) is 48.8 Å². The smallest absolute Gasteiger partial charge is 0.456 e. The van der Waals surface area contributed by atoms with Crippen molar-refractivity contribution in [3.05, 3.63) is 95.2 Å². The highest BCUT2D eigenvalue weighted by molar-refractivity contribution is 5.37. The average molecular weight is 559 g/mol. The highest BCUT2D eigenvalue weighted by Crippen LogP contribution is 2.37. The van der Waals surface area contributed by atoms with Gasteiger partial charge in [-0.15, -0.1) is 0 Å². The molecule has 2 aromatic carbocycles. The largest absolute Gasteiger partial charge is 0.487 e. The second kappa shape index (κ2) is 10.2. The zero-order valence-electron chi connectivity index (χ0n) is 20.0. The summed E-state index contributed by atoms with van der Waals surface area (Å²) >= 11 is 0. The van der Waals surface area contributed by atoms with Crippen molar-refractivity contribution >= 4 is 0 Å². The summed E-state index contributed by atoms with van der Waals surface area (Å²) in [6.45, 7) is -0.847. The average Bonchev–Trinajstić information content (AvgIpc) is 3.51. The number of rotatable bonds is 9. The molecule has 39 heavy (non-hydrogen) atoms. The molecule has 0 aliphatic carbocycles. The standard InChI is InChI=1S/C24H20F7N5O3/c1-15(22(38,11-34-14-32-13-33-34)19-7-2-16(25)10-20(19)26)35-8-9-36(21(35)37)17-3-5-18(6-4-17)39-12-23(27,28)24(29,30)31/h2-10,13-15,38H,11-12H2,1H3/t15-,22-/m1/s1. The molecule has 15 heteroatoms. The van der Waals surface area contributed by atoms with Gasteiger partial charge in [-0.2, -0.15) is 27.1 Å².